The van der Waals surface area contributed by atoms with Crippen LogP contribution in [0.15, 0.2) is 22.9 Å². The summed E-state index contributed by atoms with van der Waals surface area (Å²) in [5.41, 5.74) is 0.871. The molecule has 1 N–H and O–H groups in total. The van der Waals surface area contributed by atoms with Gasteiger partial charge in [-0.25, -0.2) is 0 Å². The third kappa shape index (κ3) is 1.52. The zero-order valence-corrected chi connectivity index (χ0v) is 6.15. The summed E-state index contributed by atoms with van der Waals surface area (Å²) >= 11 is 5.73. The molecule has 0 saturated carbocycles. The van der Waals surface area contributed by atoms with E-state index in [0.29, 0.717) is 11.6 Å². The number of nitriles is 1. The fraction of sp³-hybridized carbons (Fsp3) is 0.286. The highest BCUT2D eigenvalue weighted by molar-refractivity contribution is 6.29. The van der Waals surface area contributed by atoms with Gasteiger partial charge in [0.25, 0.3) is 0 Å². The maximum atomic E-state index is 8.33. The molecule has 2 nitrogen and oxygen atoms in total. The molecule has 0 aliphatic carbocycles. The Bertz CT molecular complexity index is 222. The normalized spacial score (nSPS) is 16.4. The van der Waals surface area contributed by atoms with Crippen molar-refractivity contribution in [3.8, 4) is 6.07 Å². The zero-order chi connectivity index (χ0) is 7.40. The van der Waals surface area contributed by atoms with Gasteiger partial charge >= 0.3 is 0 Å². The summed E-state index contributed by atoms with van der Waals surface area (Å²) in [6.45, 7) is 0.758. The Morgan fingerprint density at radius 3 is 3.20 bits per heavy atom. The van der Waals surface area contributed by atoms with Gasteiger partial charge in [0.1, 0.15) is 5.16 Å². The summed E-state index contributed by atoms with van der Waals surface area (Å²) in [7, 11) is 0. The molecule has 0 fully saturated rings. The van der Waals surface area contributed by atoms with E-state index in [2.05, 4.69) is 5.32 Å². The molecule has 10 heavy (non-hydrogen) atoms. The number of nitrogens with zero attached hydrogens (tertiary/aromatic N) is 1. The maximum absolute atomic E-state index is 8.33. The van der Waals surface area contributed by atoms with E-state index >= 15 is 0 Å². The van der Waals surface area contributed by atoms with Crippen molar-refractivity contribution in [3.05, 3.63) is 22.9 Å². The molecule has 0 bridgehead atoms. The lowest BCUT2D eigenvalue weighted by molar-refractivity contribution is 0.922. The second-order valence-corrected chi connectivity index (χ2v) is 2.34. The standard InChI is InChI=1S/C7H7ClN2/c8-7-6(3-4-9)2-1-5-10-7/h1-2,10H,3,5H2. The van der Waals surface area contributed by atoms with Crippen LogP contribution in [0.25, 0.3) is 0 Å². The highest BCUT2D eigenvalue weighted by Gasteiger charge is 2.02. The van der Waals surface area contributed by atoms with Crippen LogP contribution in [-0.2, 0) is 0 Å². The summed E-state index contributed by atoms with van der Waals surface area (Å²) in [4.78, 5) is 0. The summed E-state index contributed by atoms with van der Waals surface area (Å²) in [6.07, 6.45) is 4.20. The average molecular weight is 155 g/mol. The van der Waals surface area contributed by atoms with Gasteiger partial charge in [-0.2, -0.15) is 5.26 Å². The fourth-order valence-corrected chi connectivity index (χ4v) is 0.965. The Kier molecular flexibility index (Phi) is 2.35. The minimum atomic E-state index is 0.377. The van der Waals surface area contributed by atoms with E-state index in [4.69, 9.17) is 16.9 Å². The van der Waals surface area contributed by atoms with Gasteiger partial charge in [-0.05, 0) is 0 Å². The van der Waals surface area contributed by atoms with Crippen molar-refractivity contribution in [2.45, 2.75) is 6.42 Å². The number of dihydropyridines is 1. The molecule has 1 rings (SSSR count). The summed E-state index contributed by atoms with van der Waals surface area (Å²) in [5, 5.41) is 11.9. The summed E-state index contributed by atoms with van der Waals surface area (Å²) < 4.78 is 0. The van der Waals surface area contributed by atoms with E-state index in [1.165, 1.54) is 0 Å². The molecule has 0 saturated heterocycles. The maximum Gasteiger partial charge on any atom is 0.106 e. The summed E-state index contributed by atoms with van der Waals surface area (Å²) in [5.74, 6) is 0. The smallest absolute Gasteiger partial charge is 0.106 e. The van der Waals surface area contributed by atoms with Crippen LogP contribution in [0.4, 0.5) is 0 Å². The van der Waals surface area contributed by atoms with E-state index in [0.717, 1.165) is 12.1 Å². The van der Waals surface area contributed by atoms with E-state index in [1.54, 1.807) is 0 Å². The van der Waals surface area contributed by atoms with Gasteiger partial charge in [0.2, 0.25) is 0 Å². The molecule has 0 unspecified atom stereocenters. The molecule has 52 valence electrons. The molecule has 0 aromatic heterocycles. The Balaban J connectivity index is 2.72. The van der Waals surface area contributed by atoms with Crippen molar-refractivity contribution >= 4 is 11.6 Å². The van der Waals surface area contributed by atoms with Crippen molar-refractivity contribution in [2.75, 3.05) is 6.54 Å². The predicted octanol–water partition coefficient (Wildman–Crippen LogP) is 1.51. The van der Waals surface area contributed by atoms with E-state index in [-0.39, 0.29) is 0 Å². The van der Waals surface area contributed by atoms with Crippen molar-refractivity contribution < 1.29 is 0 Å². The van der Waals surface area contributed by atoms with Crippen LogP contribution in [0.1, 0.15) is 6.42 Å². The van der Waals surface area contributed by atoms with Crippen LogP contribution in [-0.4, -0.2) is 6.54 Å². The second kappa shape index (κ2) is 3.28. The Morgan fingerprint density at radius 1 is 1.80 bits per heavy atom. The van der Waals surface area contributed by atoms with Crippen LogP contribution in [0.3, 0.4) is 0 Å². The van der Waals surface area contributed by atoms with Crippen molar-refractivity contribution in [1.82, 2.24) is 5.32 Å². The van der Waals surface area contributed by atoms with Gasteiger partial charge in [0, 0.05) is 12.1 Å². The molecular formula is C7H7ClN2. The molecule has 0 radical (unpaired) electrons. The lowest BCUT2D eigenvalue weighted by atomic mass is 10.2. The second-order valence-electron chi connectivity index (χ2n) is 1.96. The minimum Gasteiger partial charge on any atom is -0.372 e. The first kappa shape index (κ1) is 7.17. The molecule has 0 spiro atoms. The molecule has 0 aromatic rings. The molecule has 1 heterocycles. The Labute approximate surface area is 64.8 Å². The summed E-state index contributed by atoms with van der Waals surface area (Å²) in [6, 6.07) is 2.03. The van der Waals surface area contributed by atoms with Gasteiger partial charge in [0.05, 0.1) is 12.5 Å². The molecular weight excluding hydrogens is 148 g/mol. The fourth-order valence-electron chi connectivity index (χ4n) is 0.758. The number of halogens is 1. The van der Waals surface area contributed by atoms with Crippen LogP contribution < -0.4 is 5.32 Å². The number of allylic oxidation sites excluding steroid dienone is 2. The van der Waals surface area contributed by atoms with Crippen LogP contribution in [0, 0.1) is 11.3 Å². The molecule has 1 aliphatic rings. The van der Waals surface area contributed by atoms with Crippen LogP contribution in [0.2, 0.25) is 0 Å². The first-order chi connectivity index (χ1) is 4.84. The van der Waals surface area contributed by atoms with Gasteiger partial charge in [-0.1, -0.05) is 23.8 Å². The average Bonchev–Trinajstić information content (AvgIpc) is 1.94. The van der Waals surface area contributed by atoms with Crippen LogP contribution in [0.5, 0.6) is 0 Å². The van der Waals surface area contributed by atoms with Gasteiger partial charge in [0.15, 0.2) is 0 Å². The monoisotopic (exact) mass is 154 g/mol. The van der Waals surface area contributed by atoms with Crippen molar-refractivity contribution in [3.63, 3.8) is 0 Å². The highest BCUT2D eigenvalue weighted by atomic mass is 35.5. The van der Waals surface area contributed by atoms with Crippen LogP contribution >= 0.6 is 11.6 Å². The largest absolute Gasteiger partial charge is 0.372 e. The van der Waals surface area contributed by atoms with E-state index in [1.807, 2.05) is 18.2 Å². The highest BCUT2D eigenvalue weighted by Crippen LogP contribution is 2.13. The SMILES string of the molecule is N#CCC1=C(Cl)NCC=C1. The first-order valence-corrected chi connectivity index (χ1v) is 3.38. The van der Waals surface area contributed by atoms with Gasteiger partial charge < -0.3 is 5.32 Å². The minimum absolute atomic E-state index is 0.377. The van der Waals surface area contributed by atoms with E-state index < -0.39 is 0 Å². The Morgan fingerprint density at radius 2 is 2.60 bits per heavy atom. The molecule has 0 atom stereocenters. The van der Waals surface area contributed by atoms with Crippen molar-refractivity contribution in [2.24, 2.45) is 0 Å². The van der Waals surface area contributed by atoms with Gasteiger partial charge in [-0.15, -0.1) is 0 Å². The Hall–Kier alpha value is -0.940. The quantitative estimate of drug-likeness (QED) is 0.582. The molecule has 3 heteroatoms. The number of hydrogen-bond acceptors (Lipinski definition) is 2. The number of nitrogens with one attached hydrogen (secondary N) is 1. The number of rotatable bonds is 1. The topological polar surface area (TPSA) is 35.8 Å². The lowest BCUT2D eigenvalue weighted by Crippen LogP contribution is -2.14. The van der Waals surface area contributed by atoms with Crippen molar-refractivity contribution in [1.29, 1.82) is 5.26 Å². The molecule has 1 aliphatic heterocycles. The lowest BCUT2D eigenvalue weighted by Gasteiger charge is -2.09. The number of hydrogen-bond donors (Lipinski definition) is 1. The van der Waals surface area contributed by atoms with E-state index in [9.17, 15) is 0 Å². The van der Waals surface area contributed by atoms with Gasteiger partial charge in [-0.3, -0.25) is 0 Å². The first-order valence-electron chi connectivity index (χ1n) is 3.00. The predicted molar refractivity (Wildman–Crippen MR) is 40.3 cm³/mol. The third-order valence-electron chi connectivity index (χ3n) is 1.25. The third-order valence-corrected chi connectivity index (χ3v) is 1.62. The zero-order valence-electron chi connectivity index (χ0n) is 5.39. The molecule has 0 amide bonds. The molecule has 0 aromatic carbocycles.